The molecule has 18 heavy (non-hydrogen) atoms. The summed E-state index contributed by atoms with van der Waals surface area (Å²) in [5, 5.41) is 3.16. The van der Waals surface area contributed by atoms with Gasteiger partial charge >= 0.3 is 0 Å². The minimum absolute atomic E-state index is 0.936. The van der Waals surface area contributed by atoms with E-state index >= 15 is 0 Å². The minimum atomic E-state index is 0.936. The van der Waals surface area contributed by atoms with Gasteiger partial charge in [0.15, 0.2) is 0 Å². The van der Waals surface area contributed by atoms with Gasteiger partial charge in [-0.2, -0.15) is 0 Å². The molecule has 1 aromatic heterocycles. The Kier molecular flexibility index (Phi) is 5.30. The second-order valence-corrected chi connectivity index (χ2v) is 5.35. The van der Waals surface area contributed by atoms with Crippen LogP contribution in [0, 0.1) is 0 Å². The highest BCUT2D eigenvalue weighted by atomic mass is 32.2. The summed E-state index contributed by atoms with van der Waals surface area (Å²) in [6.07, 6.45) is 6.88. The van der Waals surface area contributed by atoms with Gasteiger partial charge in [0.1, 0.15) is 0 Å². The summed E-state index contributed by atoms with van der Waals surface area (Å²) in [4.78, 5) is 5.38. The lowest BCUT2D eigenvalue weighted by atomic mass is 10.2. The van der Waals surface area contributed by atoms with Crippen molar-refractivity contribution in [2.75, 3.05) is 12.8 Å². The molecule has 3 nitrogen and oxygen atoms in total. The molecule has 0 saturated heterocycles. The maximum absolute atomic E-state index is 4.04. The highest BCUT2D eigenvalue weighted by Crippen LogP contribution is 2.19. The zero-order chi connectivity index (χ0) is 12.6. The first kappa shape index (κ1) is 13.2. The van der Waals surface area contributed by atoms with Gasteiger partial charge in [-0.3, -0.25) is 0 Å². The van der Waals surface area contributed by atoms with Crippen LogP contribution in [0.4, 0.5) is 0 Å². The molecule has 0 bridgehead atoms. The maximum atomic E-state index is 4.04. The number of hydrogen-bond acceptors (Lipinski definition) is 3. The van der Waals surface area contributed by atoms with Crippen molar-refractivity contribution in [3.05, 3.63) is 48.5 Å². The molecule has 1 heterocycles. The van der Waals surface area contributed by atoms with E-state index in [0.29, 0.717) is 0 Å². The van der Waals surface area contributed by atoms with Crippen LogP contribution in [0.15, 0.2) is 47.9 Å². The van der Waals surface area contributed by atoms with Crippen molar-refractivity contribution in [3.63, 3.8) is 0 Å². The van der Waals surface area contributed by atoms with Gasteiger partial charge < -0.3 is 9.88 Å². The van der Waals surface area contributed by atoms with Crippen molar-refractivity contribution in [3.8, 4) is 0 Å². The normalized spacial score (nSPS) is 10.7. The van der Waals surface area contributed by atoms with Crippen LogP contribution in [-0.4, -0.2) is 22.4 Å². The Morgan fingerprint density at radius 1 is 1.28 bits per heavy atom. The lowest BCUT2D eigenvalue weighted by Crippen LogP contribution is -2.04. The van der Waals surface area contributed by atoms with E-state index in [1.807, 2.05) is 37.5 Å². The number of imidazole rings is 1. The first-order valence-corrected chi connectivity index (χ1v) is 7.19. The van der Waals surface area contributed by atoms with Crippen molar-refractivity contribution in [2.24, 2.45) is 0 Å². The van der Waals surface area contributed by atoms with Gasteiger partial charge in [-0.05, 0) is 36.9 Å². The number of benzene rings is 1. The third kappa shape index (κ3) is 4.20. The van der Waals surface area contributed by atoms with E-state index in [2.05, 4.69) is 39.1 Å². The molecule has 96 valence electrons. The number of aryl methyl sites for hydroxylation is 1. The van der Waals surface area contributed by atoms with Gasteiger partial charge in [0, 0.05) is 30.4 Å². The Labute approximate surface area is 113 Å². The lowest BCUT2D eigenvalue weighted by Gasteiger charge is -2.04. The summed E-state index contributed by atoms with van der Waals surface area (Å²) in [5.41, 5.74) is 1.33. The standard InChI is InChI=1S/C14H19N3S/c1-15-11-13-3-5-14(6-4-13)18-10-2-8-17-9-7-16-12-17/h3-7,9,12,15H,2,8,10-11H2,1H3. The van der Waals surface area contributed by atoms with Crippen molar-refractivity contribution in [1.82, 2.24) is 14.9 Å². The lowest BCUT2D eigenvalue weighted by molar-refractivity contribution is 0.683. The SMILES string of the molecule is CNCc1ccc(SCCCn2ccnc2)cc1. The van der Waals surface area contributed by atoms with Crippen LogP contribution in [0.2, 0.25) is 0 Å². The summed E-state index contributed by atoms with van der Waals surface area (Å²) in [7, 11) is 1.97. The second-order valence-electron chi connectivity index (χ2n) is 4.18. The van der Waals surface area contributed by atoms with Gasteiger partial charge in [-0.1, -0.05) is 12.1 Å². The molecular weight excluding hydrogens is 242 g/mol. The molecule has 2 rings (SSSR count). The average molecular weight is 261 g/mol. The Hall–Kier alpha value is -1.26. The van der Waals surface area contributed by atoms with Gasteiger partial charge in [0.25, 0.3) is 0 Å². The molecule has 0 spiro atoms. The number of rotatable bonds is 7. The first-order chi connectivity index (χ1) is 8.88. The van der Waals surface area contributed by atoms with Crippen molar-refractivity contribution < 1.29 is 0 Å². The zero-order valence-corrected chi connectivity index (χ0v) is 11.5. The summed E-state index contributed by atoms with van der Waals surface area (Å²) >= 11 is 1.91. The monoisotopic (exact) mass is 261 g/mol. The number of nitrogens with one attached hydrogen (secondary N) is 1. The molecule has 0 radical (unpaired) electrons. The molecular formula is C14H19N3S. The maximum Gasteiger partial charge on any atom is 0.0945 e. The molecule has 0 saturated carbocycles. The van der Waals surface area contributed by atoms with E-state index in [9.17, 15) is 0 Å². The molecule has 0 aliphatic carbocycles. The molecule has 0 unspecified atom stereocenters. The Bertz CT molecular complexity index is 437. The fraction of sp³-hybridized carbons (Fsp3) is 0.357. The summed E-state index contributed by atoms with van der Waals surface area (Å²) < 4.78 is 2.12. The molecule has 1 aromatic carbocycles. The van der Waals surface area contributed by atoms with E-state index < -0.39 is 0 Å². The molecule has 0 atom stereocenters. The van der Waals surface area contributed by atoms with Crippen LogP contribution in [0.5, 0.6) is 0 Å². The van der Waals surface area contributed by atoms with Crippen LogP contribution < -0.4 is 5.32 Å². The smallest absolute Gasteiger partial charge is 0.0945 e. The summed E-state index contributed by atoms with van der Waals surface area (Å²) in [6, 6.07) is 8.78. The summed E-state index contributed by atoms with van der Waals surface area (Å²) in [6.45, 7) is 1.98. The summed E-state index contributed by atoms with van der Waals surface area (Å²) in [5.74, 6) is 1.14. The molecule has 0 fully saturated rings. The average Bonchev–Trinajstić information content (AvgIpc) is 2.90. The van der Waals surface area contributed by atoms with Crippen LogP contribution >= 0.6 is 11.8 Å². The fourth-order valence-electron chi connectivity index (χ4n) is 1.76. The number of aromatic nitrogens is 2. The molecule has 0 aliphatic rings. The highest BCUT2D eigenvalue weighted by Gasteiger charge is 1.96. The molecule has 1 N–H and O–H groups in total. The molecule has 2 aromatic rings. The van der Waals surface area contributed by atoms with Crippen LogP contribution in [0.3, 0.4) is 0 Å². The second kappa shape index (κ2) is 7.24. The Morgan fingerprint density at radius 3 is 2.78 bits per heavy atom. The van der Waals surface area contributed by atoms with Gasteiger partial charge in [0.05, 0.1) is 6.33 Å². The number of nitrogens with zero attached hydrogens (tertiary/aromatic N) is 2. The van der Waals surface area contributed by atoms with Crippen LogP contribution in [0.25, 0.3) is 0 Å². The van der Waals surface area contributed by atoms with Gasteiger partial charge in [-0.15, -0.1) is 11.8 Å². The first-order valence-electron chi connectivity index (χ1n) is 6.20. The Balaban J connectivity index is 1.69. The van der Waals surface area contributed by atoms with E-state index in [1.54, 1.807) is 0 Å². The number of thioether (sulfide) groups is 1. The molecule has 0 aliphatic heterocycles. The van der Waals surface area contributed by atoms with Crippen LogP contribution in [-0.2, 0) is 13.1 Å². The van der Waals surface area contributed by atoms with Crippen molar-refractivity contribution in [1.29, 1.82) is 0 Å². The minimum Gasteiger partial charge on any atom is -0.337 e. The fourth-order valence-corrected chi connectivity index (χ4v) is 2.60. The van der Waals surface area contributed by atoms with Crippen molar-refractivity contribution >= 4 is 11.8 Å². The quantitative estimate of drug-likeness (QED) is 0.614. The number of hydrogen-bond donors (Lipinski definition) is 1. The van der Waals surface area contributed by atoms with E-state index in [4.69, 9.17) is 0 Å². The largest absolute Gasteiger partial charge is 0.337 e. The topological polar surface area (TPSA) is 29.9 Å². The molecule has 4 heteroatoms. The van der Waals surface area contributed by atoms with Crippen molar-refractivity contribution in [2.45, 2.75) is 24.4 Å². The molecule has 0 amide bonds. The highest BCUT2D eigenvalue weighted by molar-refractivity contribution is 7.99. The van der Waals surface area contributed by atoms with Crippen LogP contribution in [0.1, 0.15) is 12.0 Å². The Morgan fingerprint density at radius 2 is 2.11 bits per heavy atom. The van der Waals surface area contributed by atoms with E-state index in [1.165, 1.54) is 16.9 Å². The van der Waals surface area contributed by atoms with E-state index in [0.717, 1.165) is 18.8 Å². The third-order valence-electron chi connectivity index (χ3n) is 2.69. The zero-order valence-electron chi connectivity index (χ0n) is 10.7. The van der Waals surface area contributed by atoms with Gasteiger partial charge in [0.2, 0.25) is 0 Å². The van der Waals surface area contributed by atoms with Gasteiger partial charge in [-0.25, -0.2) is 4.98 Å². The third-order valence-corrected chi connectivity index (χ3v) is 3.79. The predicted molar refractivity (Wildman–Crippen MR) is 76.8 cm³/mol. The van der Waals surface area contributed by atoms with E-state index in [-0.39, 0.29) is 0 Å². The predicted octanol–water partition coefficient (Wildman–Crippen LogP) is 2.78.